The molecule has 0 aromatic heterocycles. The predicted octanol–water partition coefficient (Wildman–Crippen LogP) is 4.09. The number of imide groups is 1. The first-order chi connectivity index (χ1) is 15.0. The van der Waals surface area contributed by atoms with E-state index in [9.17, 15) is 14.8 Å². The lowest BCUT2D eigenvalue weighted by atomic mass is 9.55. The zero-order valence-electron chi connectivity index (χ0n) is 16.7. The lowest BCUT2D eigenvalue weighted by molar-refractivity contribution is -0.122. The average molecular weight is 411 g/mol. The molecule has 3 aromatic carbocycles. The summed E-state index contributed by atoms with van der Waals surface area (Å²) in [6.45, 7) is 2.04. The van der Waals surface area contributed by atoms with Crippen LogP contribution >= 0.6 is 0 Å². The lowest BCUT2D eigenvalue weighted by Crippen LogP contribution is -2.41. The van der Waals surface area contributed by atoms with E-state index in [-0.39, 0.29) is 34.6 Å². The Hall–Kier alpha value is -3.48. The number of nitrogens with zero attached hydrogens (tertiary/aromatic N) is 2. The molecule has 1 aliphatic heterocycles. The van der Waals surface area contributed by atoms with Crippen LogP contribution in [0.25, 0.3) is 0 Å². The van der Waals surface area contributed by atoms with Crippen molar-refractivity contribution in [3.8, 4) is 0 Å². The van der Waals surface area contributed by atoms with Crippen LogP contribution < -0.4 is 10.1 Å². The first-order valence-corrected chi connectivity index (χ1v) is 10.3. The number of carbonyl (C=O) groups excluding carboxylic acids is 2. The Morgan fingerprint density at radius 3 is 1.94 bits per heavy atom. The fourth-order valence-corrected chi connectivity index (χ4v) is 5.83. The van der Waals surface area contributed by atoms with E-state index in [1.165, 1.54) is 29.2 Å². The number of hydrogen-bond donors (Lipinski definition) is 1. The molecule has 6 heteroatoms. The molecule has 4 unspecified atom stereocenters. The molecule has 1 N–H and O–H groups in total. The summed E-state index contributed by atoms with van der Waals surface area (Å²) in [5.41, 5.74) is 6.13. The van der Waals surface area contributed by atoms with E-state index >= 15 is 0 Å². The van der Waals surface area contributed by atoms with Gasteiger partial charge in [0.25, 0.3) is 0 Å². The minimum absolute atomic E-state index is 0.0376. The normalized spacial score (nSPS) is 25.3. The summed E-state index contributed by atoms with van der Waals surface area (Å²) in [6, 6.07) is 20.3. The molecule has 6 nitrogen and oxygen atoms in total. The first-order valence-electron chi connectivity index (χ1n) is 10.3. The third kappa shape index (κ3) is 2.34. The summed E-state index contributed by atoms with van der Waals surface area (Å²) in [6.07, 6.45) is 0. The van der Waals surface area contributed by atoms with E-state index in [2.05, 4.69) is 30.3 Å². The summed E-state index contributed by atoms with van der Waals surface area (Å²) in [5, 5.41) is 19.9. The maximum absolute atomic E-state index is 13.6. The highest BCUT2D eigenvalue weighted by molar-refractivity contribution is 6.23. The predicted molar refractivity (Wildman–Crippen MR) is 115 cm³/mol. The van der Waals surface area contributed by atoms with Gasteiger partial charge in [0.1, 0.15) is 0 Å². The van der Waals surface area contributed by atoms with Crippen molar-refractivity contribution in [3.63, 3.8) is 0 Å². The molecule has 4 atom stereocenters. The van der Waals surface area contributed by atoms with E-state index in [1.807, 2.05) is 19.1 Å². The Balaban J connectivity index is 1.51. The molecular formula is C25H19N2O4-. The van der Waals surface area contributed by atoms with Crippen LogP contribution in [0.5, 0.6) is 0 Å². The van der Waals surface area contributed by atoms with Gasteiger partial charge in [0, 0.05) is 11.8 Å². The van der Waals surface area contributed by atoms with Crippen molar-refractivity contribution in [3.05, 3.63) is 99.8 Å². The number of aryl methyl sites for hydroxylation is 1. The van der Waals surface area contributed by atoms with Gasteiger partial charge in [-0.3, -0.25) is 14.8 Å². The molecule has 1 fully saturated rings. The van der Waals surface area contributed by atoms with Crippen molar-refractivity contribution in [1.29, 1.82) is 0 Å². The van der Waals surface area contributed by atoms with Crippen LogP contribution in [-0.4, -0.2) is 17.0 Å². The van der Waals surface area contributed by atoms with Crippen LogP contribution in [0.3, 0.4) is 0 Å². The number of hydrogen-bond acceptors (Lipinski definition) is 5. The molecule has 0 saturated carbocycles. The van der Waals surface area contributed by atoms with Gasteiger partial charge < -0.3 is 10.4 Å². The summed E-state index contributed by atoms with van der Waals surface area (Å²) < 4.78 is 0. The van der Waals surface area contributed by atoms with Gasteiger partial charge in [-0.15, -0.1) is 0 Å². The van der Waals surface area contributed by atoms with Gasteiger partial charge in [-0.2, -0.15) is 0 Å². The van der Waals surface area contributed by atoms with E-state index in [0.717, 1.165) is 27.8 Å². The standard InChI is InChI=1S/C25H19N2O4/c1-13-6-11-18-19(12-13)21-17-5-3-2-4-16(17)20(18)22-23(21)25(29)26(24(22)28)14-7-9-15(10-8-14)27(30)31/h2-12,20-23,30H,1H3/q-1. The smallest absolute Gasteiger partial charge is 0.238 e. The molecule has 4 aliphatic rings. The lowest BCUT2D eigenvalue weighted by Gasteiger charge is -2.46. The van der Waals surface area contributed by atoms with Gasteiger partial charge in [0.2, 0.25) is 11.8 Å². The van der Waals surface area contributed by atoms with E-state index < -0.39 is 11.8 Å². The zero-order chi connectivity index (χ0) is 21.4. The molecule has 3 aromatic rings. The molecule has 0 spiro atoms. The zero-order valence-corrected chi connectivity index (χ0v) is 16.7. The van der Waals surface area contributed by atoms with Gasteiger partial charge in [-0.1, -0.05) is 48.0 Å². The maximum atomic E-state index is 13.6. The highest BCUT2D eigenvalue weighted by atomic mass is 16.8. The average Bonchev–Trinajstić information content (AvgIpc) is 3.04. The first kappa shape index (κ1) is 18.3. The molecule has 1 heterocycles. The second-order valence-electron chi connectivity index (χ2n) is 8.57. The van der Waals surface area contributed by atoms with E-state index in [1.54, 1.807) is 0 Å². The Morgan fingerprint density at radius 1 is 0.806 bits per heavy atom. The summed E-state index contributed by atoms with van der Waals surface area (Å²) in [4.78, 5) is 28.5. The highest BCUT2D eigenvalue weighted by Gasteiger charge is 2.61. The Labute approximate surface area is 178 Å². The summed E-state index contributed by atoms with van der Waals surface area (Å²) in [5.74, 6) is -1.62. The molecule has 0 radical (unpaired) electrons. The topological polar surface area (TPSA) is 83.9 Å². The van der Waals surface area contributed by atoms with Crippen molar-refractivity contribution >= 4 is 23.2 Å². The van der Waals surface area contributed by atoms with Crippen LogP contribution in [0.4, 0.5) is 11.4 Å². The number of amides is 2. The van der Waals surface area contributed by atoms with Gasteiger partial charge >= 0.3 is 0 Å². The molecule has 1 saturated heterocycles. The SMILES string of the molecule is Cc1ccc2c(c1)C1c3ccccc3C2C2C(=O)N(c3ccc(N([O-])O)cc3)C(=O)C12. The highest BCUT2D eigenvalue weighted by Crippen LogP contribution is 2.61. The number of anilines is 2. The van der Waals surface area contributed by atoms with Gasteiger partial charge in [0.05, 0.1) is 23.2 Å². The van der Waals surface area contributed by atoms with Crippen molar-refractivity contribution < 1.29 is 14.8 Å². The molecule has 2 bridgehead atoms. The number of rotatable bonds is 2. The van der Waals surface area contributed by atoms with Crippen LogP contribution in [0.2, 0.25) is 0 Å². The van der Waals surface area contributed by atoms with E-state index in [0.29, 0.717) is 5.69 Å². The monoisotopic (exact) mass is 411 g/mol. The Kier molecular flexibility index (Phi) is 3.70. The molecule has 3 aliphatic carbocycles. The third-order valence-corrected chi connectivity index (χ3v) is 7.02. The Morgan fingerprint density at radius 2 is 1.35 bits per heavy atom. The van der Waals surface area contributed by atoms with E-state index in [4.69, 9.17) is 5.21 Å². The fourth-order valence-electron chi connectivity index (χ4n) is 5.83. The third-order valence-electron chi connectivity index (χ3n) is 7.02. The van der Waals surface area contributed by atoms with Crippen molar-refractivity contribution in [2.24, 2.45) is 11.8 Å². The maximum Gasteiger partial charge on any atom is 0.238 e. The number of benzene rings is 3. The Bertz CT molecular complexity index is 1250. The summed E-state index contributed by atoms with van der Waals surface area (Å²) in [7, 11) is 0. The second kappa shape index (κ2) is 6.26. The molecule has 7 rings (SSSR count). The van der Waals surface area contributed by atoms with Crippen molar-refractivity contribution in [1.82, 2.24) is 0 Å². The fraction of sp³-hybridized carbons (Fsp3) is 0.200. The molecule has 2 amide bonds. The largest absolute Gasteiger partial charge is 0.733 e. The second-order valence-corrected chi connectivity index (χ2v) is 8.57. The van der Waals surface area contributed by atoms with Crippen molar-refractivity contribution in [2.45, 2.75) is 18.8 Å². The van der Waals surface area contributed by atoms with Crippen molar-refractivity contribution in [2.75, 3.05) is 10.1 Å². The van der Waals surface area contributed by atoms with Gasteiger partial charge in [0.15, 0.2) is 0 Å². The minimum atomic E-state index is -0.449. The summed E-state index contributed by atoms with van der Waals surface area (Å²) >= 11 is 0. The molecule has 31 heavy (non-hydrogen) atoms. The van der Waals surface area contributed by atoms with Crippen LogP contribution in [-0.2, 0) is 9.59 Å². The molecular weight excluding hydrogens is 392 g/mol. The van der Waals surface area contributed by atoms with Crippen LogP contribution in [0.1, 0.15) is 39.7 Å². The minimum Gasteiger partial charge on any atom is -0.733 e. The van der Waals surface area contributed by atoms with Gasteiger partial charge in [-0.05, 0) is 53.4 Å². The van der Waals surface area contributed by atoms with Crippen LogP contribution in [0.15, 0.2) is 66.7 Å². The molecule has 154 valence electrons. The van der Waals surface area contributed by atoms with Crippen LogP contribution in [0, 0.1) is 24.0 Å². The number of carbonyl (C=O) groups is 2. The van der Waals surface area contributed by atoms with Gasteiger partial charge in [-0.25, -0.2) is 4.90 Å². The quantitative estimate of drug-likeness (QED) is 0.507.